The van der Waals surface area contributed by atoms with E-state index in [2.05, 4.69) is 20.7 Å². The molecule has 3 rings (SSSR count). The summed E-state index contributed by atoms with van der Waals surface area (Å²) in [5.41, 5.74) is -1.23. The minimum Gasteiger partial charge on any atom is -0.448 e. The van der Waals surface area contributed by atoms with Crippen LogP contribution in [0.5, 0.6) is 11.5 Å². The molecule has 0 spiro atoms. The van der Waals surface area contributed by atoms with Crippen LogP contribution in [0.25, 0.3) is 0 Å². The first-order valence-corrected chi connectivity index (χ1v) is 10.9. The van der Waals surface area contributed by atoms with E-state index in [0.29, 0.717) is 0 Å². The third-order valence-corrected chi connectivity index (χ3v) is 6.28. The molecular weight excluding hydrogens is 528 g/mol. The molecule has 0 unspecified atom stereocenters. The number of alkyl halides is 3. The molecule has 170 valence electrons. The highest BCUT2D eigenvalue weighted by molar-refractivity contribution is 9.10. The van der Waals surface area contributed by atoms with Crippen molar-refractivity contribution in [3.8, 4) is 11.5 Å². The van der Waals surface area contributed by atoms with Gasteiger partial charge in [0.1, 0.15) is 5.82 Å². The van der Waals surface area contributed by atoms with Gasteiger partial charge in [-0.05, 0) is 59.3 Å². The SMILES string of the molecule is Cc1ccc(S(=O)(=O)Nc2ccc(F)c(Br)c2Oc2c(F)cc(C(F)(F)F)cc2F)cc1. The van der Waals surface area contributed by atoms with E-state index in [4.69, 9.17) is 4.74 Å². The lowest BCUT2D eigenvalue weighted by atomic mass is 10.2. The summed E-state index contributed by atoms with van der Waals surface area (Å²) >= 11 is 2.80. The highest BCUT2D eigenvalue weighted by Crippen LogP contribution is 2.42. The van der Waals surface area contributed by atoms with Crippen LogP contribution in [0.3, 0.4) is 0 Å². The highest BCUT2D eigenvalue weighted by atomic mass is 79.9. The Morgan fingerprint density at radius 1 is 0.875 bits per heavy atom. The fourth-order valence-electron chi connectivity index (χ4n) is 2.56. The van der Waals surface area contributed by atoms with E-state index in [9.17, 15) is 34.8 Å². The average molecular weight is 540 g/mol. The van der Waals surface area contributed by atoms with Gasteiger partial charge in [-0.15, -0.1) is 0 Å². The van der Waals surface area contributed by atoms with Crippen molar-refractivity contribution >= 4 is 31.6 Å². The van der Waals surface area contributed by atoms with Crippen LogP contribution in [0, 0.1) is 24.4 Å². The van der Waals surface area contributed by atoms with Gasteiger partial charge in [0.05, 0.1) is 20.6 Å². The van der Waals surface area contributed by atoms with Crippen LogP contribution in [-0.4, -0.2) is 8.42 Å². The van der Waals surface area contributed by atoms with E-state index < -0.39 is 60.9 Å². The fourth-order valence-corrected chi connectivity index (χ4v) is 4.05. The van der Waals surface area contributed by atoms with Crippen molar-refractivity contribution in [3.05, 3.63) is 81.6 Å². The summed E-state index contributed by atoms with van der Waals surface area (Å²) in [6.45, 7) is 1.74. The molecular formula is C20H12BrF6NO3S. The minimum atomic E-state index is -5.02. The van der Waals surface area contributed by atoms with Gasteiger partial charge < -0.3 is 4.74 Å². The van der Waals surface area contributed by atoms with Crippen LogP contribution in [0.2, 0.25) is 0 Å². The number of sulfonamides is 1. The van der Waals surface area contributed by atoms with E-state index in [1.54, 1.807) is 6.92 Å². The summed E-state index contributed by atoms with van der Waals surface area (Å²) in [6, 6.07) is 7.44. The molecule has 0 heterocycles. The molecule has 0 aromatic heterocycles. The summed E-state index contributed by atoms with van der Waals surface area (Å²) in [7, 11) is -4.23. The first-order chi connectivity index (χ1) is 14.8. The molecule has 12 heteroatoms. The van der Waals surface area contributed by atoms with Gasteiger partial charge >= 0.3 is 6.18 Å². The lowest BCUT2D eigenvalue weighted by molar-refractivity contribution is -0.138. The zero-order chi connectivity index (χ0) is 23.8. The van der Waals surface area contributed by atoms with Crippen molar-refractivity contribution in [1.29, 1.82) is 0 Å². The lowest BCUT2D eigenvalue weighted by Gasteiger charge is -2.17. The van der Waals surface area contributed by atoms with Gasteiger partial charge in [-0.2, -0.15) is 13.2 Å². The van der Waals surface area contributed by atoms with Crippen LogP contribution in [-0.2, 0) is 16.2 Å². The highest BCUT2D eigenvalue weighted by Gasteiger charge is 2.33. The normalized spacial score (nSPS) is 12.0. The molecule has 0 atom stereocenters. The van der Waals surface area contributed by atoms with Gasteiger partial charge in [0, 0.05) is 0 Å². The number of hydrogen-bond donors (Lipinski definition) is 1. The number of ether oxygens (including phenoxy) is 1. The molecule has 0 aliphatic carbocycles. The van der Waals surface area contributed by atoms with Gasteiger partial charge in [-0.1, -0.05) is 17.7 Å². The first-order valence-electron chi connectivity index (χ1n) is 8.61. The molecule has 0 aliphatic heterocycles. The van der Waals surface area contributed by atoms with Gasteiger partial charge in [0.25, 0.3) is 10.0 Å². The Balaban J connectivity index is 2.05. The third-order valence-electron chi connectivity index (χ3n) is 4.16. The standard InChI is InChI=1S/C20H12BrF6NO3S/c1-10-2-4-12(5-3-10)32(29,30)28-16-7-6-13(22)17(21)19(16)31-18-14(23)8-11(9-15(18)24)20(25,26)27/h2-9,28H,1H3. The van der Waals surface area contributed by atoms with E-state index in [0.717, 1.165) is 17.7 Å². The molecule has 0 fully saturated rings. The van der Waals surface area contributed by atoms with Crippen LogP contribution >= 0.6 is 15.9 Å². The maximum absolute atomic E-state index is 14.2. The van der Waals surface area contributed by atoms with Crippen molar-refractivity contribution in [2.75, 3.05) is 4.72 Å². The molecule has 4 nitrogen and oxygen atoms in total. The monoisotopic (exact) mass is 539 g/mol. The summed E-state index contributed by atoms with van der Waals surface area (Å²) in [5.74, 6) is -6.40. The van der Waals surface area contributed by atoms with Crippen molar-refractivity contribution in [2.45, 2.75) is 18.0 Å². The Labute approximate surface area is 187 Å². The predicted octanol–water partition coefficient (Wildman–Crippen LogP) is 6.79. The smallest absolute Gasteiger partial charge is 0.416 e. The maximum atomic E-state index is 14.2. The predicted molar refractivity (Wildman–Crippen MR) is 108 cm³/mol. The Kier molecular flexibility index (Phi) is 6.47. The average Bonchev–Trinajstić information content (AvgIpc) is 2.68. The van der Waals surface area contributed by atoms with Gasteiger partial charge in [-0.25, -0.2) is 21.6 Å². The van der Waals surface area contributed by atoms with Crippen LogP contribution in [0.4, 0.5) is 32.0 Å². The molecule has 0 amide bonds. The van der Waals surface area contributed by atoms with Gasteiger partial charge in [0.15, 0.2) is 23.1 Å². The second-order valence-corrected chi connectivity index (χ2v) is 9.00. The maximum Gasteiger partial charge on any atom is 0.416 e. The van der Waals surface area contributed by atoms with Gasteiger partial charge in [-0.3, -0.25) is 4.72 Å². The summed E-state index contributed by atoms with van der Waals surface area (Å²) in [5, 5.41) is 0. The second kappa shape index (κ2) is 8.66. The quantitative estimate of drug-likeness (QED) is 0.363. The van der Waals surface area contributed by atoms with Crippen molar-refractivity contribution in [1.82, 2.24) is 0 Å². The molecule has 3 aromatic carbocycles. The molecule has 0 radical (unpaired) electrons. The number of halogens is 7. The van der Waals surface area contributed by atoms with Gasteiger partial charge in [0.2, 0.25) is 0 Å². The molecule has 32 heavy (non-hydrogen) atoms. The van der Waals surface area contributed by atoms with Crippen LogP contribution in [0.1, 0.15) is 11.1 Å². The lowest BCUT2D eigenvalue weighted by Crippen LogP contribution is -2.14. The zero-order valence-electron chi connectivity index (χ0n) is 15.9. The molecule has 0 saturated heterocycles. The summed E-state index contributed by atoms with van der Waals surface area (Å²) < 4.78 is 113. The Hall–Kier alpha value is -2.73. The second-order valence-electron chi connectivity index (χ2n) is 6.53. The Morgan fingerprint density at radius 3 is 1.97 bits per heavy atom. The number of benzene rings is 3. The summed E-state index contributed by atoms with van der Waals surface area (Å²) in [6.07, 6.45) is -5.02. The topological polar surface area (TPSA) is 55.4 Å². The van der Waals surface area contributed by atoms with E-state index in [1.807, 2.05) is 0 Å². The largest absolute Gasteiger partial charge is 0.448 e. The number of aryl methyl sites for hydroxylation is 1. The van der Waals surface area contributed by atoms with Crippen molar-refractivity contribution in [3.63, 3.8) is 0 Å². The molecule has 0 aliphatic rings. The zero-order valence-corrected chi connectivity index (χ0v) is 18.3. The number of nitrogens with one attached hydrogen (secondary N) is 1. The summed E-state index contributed by atoms with van der Waals surface area (Å²) in [4.78, 5) is -0.165. The Bertz CT molecular complexity index is 1250. The van der Waals surface area contributed by atoms with Crippen molar-refractivity contribution in [2.24, 2.45) is 0 Å². The van der Waals surface area contributed by atoms with E-state index >= 15 is 0 Å². The number of hydrogen-bond acceptors (Lipinski definition) is 3. The molecule has 0 saturated carbocycles. The minimum absolute atomic E-state index is 0.00175. The first kappa shape index (κ1) is 23.9. The van der Waals surface area contributed by atoms with Crippen LogP contribution in [0.15, 0.2) is 57.9 Å². The molecule has 3 aromatic rings. The van der Waals surface area contributed by atoms with Crippen molar-refractivity contribution < 1.29 is 39.5 Å². The fraction of sp³-hybridized carbons (Fsp3) is 0.100. The third kappa shape index (κ3) is 5.01. The number of rotatable bonds is 5. The molecule has 1 N–H and O–H groups in total. The van der Waals surface area contributed by atoms with Crippen LogP contribution < -0.4 is 9.46 Å². The number of anilines is 1. The molecule has 0 bridgehead atoms. The van der Waals surface area contributed by atoms with E-state index in [1.165, 1.54) is 24.3 Å². The Morgan fingerprint density at radius 2 is 1.44 bits per heavy atom. The van der Waals surface area contributed by atoms with E-state index in [-0.39, 0.29) is 17.0 Å².